The summed E-state index contributed by atoms with van der Waals surface area (Å²) in [5, 5.41) is 9.03. The first-order valence-electron chi connectivity index (χ1n) is 10.2. The van der Waals surface area contributed by atoms with Crippen molar-refractivity contribution in [3.63, 3.8) is 0 Å². The molecule has 4 saturated carbocycles. The number of benzene rings is 1. The summed E-state index contributed by atoms with van der Waals surface area (Å²) in [6, 6.07) is 6.05. The summed E-state index contributed by atoms with van der Waals surface area (Å²) < 4.78 is 19.1. The van der Waals surface area contributed by atoms with Crippen LogP contribution in [0.1, 0.15) is 55.3 Å². The average Bonchev–Trinajstić information content (AvgIpc) is 2.65. The predicted octanol–water partition coefficient (Wildman–Crippen LogP) is 4.35. The van der Waals surface area contributed by atoms with E-state index in [1.807, 2.05) is 0 Å². The molecule has 5 rings (SSSR count). The lowest BCUT2D eigenvalue weighted by Gasteiger charge is -2.60. The van der Waals surface area contributed by atoms with Gasteiger partial charge in [-0.25, -0.2) is 9.18 Å². The van der Waals surface area contributed by atoms with Crippen LogP contribution in [0, 0.1) is 34.9 Å². The first-order valence-corrected chi connectivity index (χ1v) is 10.6. The van der Waals surface area contributed by atoms with Crippen molar-refractivity contribution in [1.82, 2.24) is 4.90 Å². The van der Waals surface area contributed by atoms with E-state index in [-0.39, 0.29) is 28.5 Å². The molecule has 4 fully saturated rings. The number of nitrogens with zero attached hydrogens (tertiary/aromatic N) is 2. The summed E-state index contributed by atoms with van der Waals surface area (Å²) in [6.45, 7) is -0.143. The summed E-state index contributed by atoms with van der Waals surface area (Å²) in [5.41, 5.74) is -0.592. The van der Waals surface area contributed by atoms with Crippen LogP contribution in [-0.2, 0) is 9.53 Å². The van der Waals surface area contributed by atoms with Crippen LogP contribution in [0.4, 0.5) is 4.39 Å². The Morgan fingerprint density at radius 2 is 1.83 bits per heavy atom. The molecule has 0 aliphatic heterocycles. The van der Waals surface area contributed by atoms with Gasteiger partial charge in [-0.05, 0) is 68.4 Å². The van der Waals surface area contributed by atoms with Crippen LogP contribution in [-0.4, -0.2) is 35.5 Å². The molecule has 1 aromatic carbocycles. The quantitative estimate of drug-likeness (QED) is 0.644. The number of ether oxygens (including phenoxy) is 1. The fourth-order valence-corrected chi connectivity index (χ4v) is 6.39. The van der Waals surface area contributed by atoms with Crippen LogP contribution in [0.2, 0.25) is 5.02 Å². The average molecular weight is 419 g/mol. The molecule has 0 heterocycles. The van der Waals surface area contributed by atoms with Crippen LogP contribution >= 0.6 is 11.6 Å². The Morgan fingerprint density at radius 1 is 1.21 bits per heavy atom. The monoisotopic (exact) mass is 418 g/mol. The third-order valence-corrected chi connectivity index (χ3v) is 7.14. The molecular formula is C22H24ClFN2O3. The zero-order valence-corrected chi connectivity index (χ0v) is 17.0. The maximum absolute atomic E-state index is 13.9. The summed E-state index contributed by atoms with van der Waals surface area (Å²) in [4.78, 5) is 27.2. The first kappa shape index (κ1) is 20.2. The van der Waals surface area contributed by atoms with E-state index in [0.29, 0.717) is 24.3 Å². The van der Waals surface area contributed by atoms with Crippen LogP contribution in [0.25, 0.3) is 0 Å². The Hall–Kier alpha value is -2.13. The second-order valence-electron chi connectivity index (χ2n) is 8.77. The van der Waals surface area contributed by atoms with E-state index in [0.717, 1.165) is 25.3 Å². The predicted molar refractivity (Wildman–Crippen MR) is 105 cm³/mol. The zero-order chi connectivity index (χ0) is 20.6. The Morgan fingerprint density at radius 3 is 2.38 bits per heavy atom. The molecule has 0 spiro atoms. The highest BCUT2D eigenvalue weighted by Gasteiger charge is 2.54. The van der Waals surface area contributed by atoms with E-state index < -0.39 is 18.4 Å². The Labute approximate surface area is 174 Å². The molecular weight excluding hydrogens is 395 g/mol. The van der Waals surface area contributed by atoms with Gasteiger partial charge in [-0.3, -0.25) is 4.79 Å². The topological polar surface area (TPSA) is 70.4 Å². The highest BCUT2D eigenvalue weighted by Crippen LogP contribution is 2.57. The molecule has 5 nitrogen and oxygen atoms in total. The molecule has 0 saturated heterocycles. The van der Waals surface area contributed by atoms with Crippen molar-refractivity contribution in [2.75, 3.05) is 13.2 Å². The minimum atomic E-state index is -0.952. The number of halogens is 2. The SMILES string of the molecule is N#CCCN(C(=O)COC(=O)c1c(F)cccc1Cl)C12CC3CC(CC(C3)C1)C2. The maximum atomic E-state index is 13.9. The lowest BCUT2D eigenvalue weighted by Crippen LogP contribution is -2.62. The molecule has 0 N–H and O–H groups in total. The number of esters is 1. The van der Waals surface area contributed by atoms with Gasteiger partial charge in [-0.15, -0.1) is 0 Å². The van der Waals surface area contributed by atoms with Crippen molar-refractivity contribution in [2.24, 2.45) is 17.8 Å². The Balaban J connectivity index is 1.48. The van der Waals surface area contributed by atoms with E-state index >= 15 is 0 Å². The number of nitriles is 1. The summed E-state index contributed by atoms with van der Waals surface area (Å²) in [6.07, 6.45) is 6.83. The molecule has 29 heavy (non-hydrogen) atoms. The molecule has 7 heteroatoms. The van der Waals surface area contributed by atoms with Crippen molar-refractivity contribution in [3.8, 4) is 6.07 Å². The second kappa shape index (κ2) is 7.95. The summed E-state index contributed by atoms with van der Waals surface area (Å²) >= 11 is 5.91. The van der Waals surface area contributed by atoms with E-state index in [4.69, 9.17) is 21.6 Å². The molecule has 1 aromatic rings. The van der Waals surface area contributed by atoms with E-state index in [1.165, 1.54) is 31.4 Å². The summed E-state index contributed by atoms with van der Waals surface area (Å²) in [5.74, 6) is -0.136. The molecule has 0 atom stereocenters. The van der Waals surface area contributed by atoms with Gasteiger partial charge in [0.1, 0.15) is 11.4 Å². The molecule has 4 aliphatic rings. The Kier molecular flexibility index (Phi) is 5.52. The van der Waals surface area contributed by atoms with Crippen molar-refractivity contribution >= 4 is 23.5 Å². The van der Waals surface area contributed by atoms with Crippen molar-refractivity contribution in [2.45, 2.75) is 50.5 Å². The van der Waals surface area contributed by atoms with Gasteiger partial charge < -0.3 is 9.64 Å². The van der Waals surface area contributed by atoms with Crippen molar-refractivity contribution in [3.05, 3.63) is 34.6 Å². The fraction of sp³-hybridized carbons (Fsp3) is 0.591. The van der Waals surface area contributed by atoms with Crippen LogP contribution in [0.3, 0.4) is 0 Å². The van der Waals surface area contributed by atoms with Gasteiger partial charge in [0, 0.05) is 12.1 Å². The van der Waals surface area contributed by atoms with Crippen LogP contribution in [0.15, 0.2) is 18.2 Å². The third kappa shape index (κ3) is 3.85. The molecule has 154 valence electrons. The first-order chi connectivity index (χ1) is 13.9. The molecule has 0 unspecified atom stereocenters. The van der Waals surface area contributed by atoms with E-state index in [1.54, 1.807) is 4.90 Å². The summed E-state index contributed by atoms with van der Waals surface area (Å²) in [7, 11) is 0. The van der Waals surface area contributed by atoms with E-state index in [9.17, 15) is 14.0 Å². The Bertz CT molecular complexity index is 811. The lowest BCUT2D eigenvalue weighted by molar-refractivity contribution is -0.153. The minimum absolute atomic E-state index is 0.0510. The second-order valence-corrected chi connectivity index (χ2v) is 9.18. The molecule has 0 aromatic heterocycles. The van der Waals surface area contributed by atoms with E-state index in [2.05, 4.69) is 6.07 Å². The fourth-order valence-electron chi connectivity index (χ4n) is 6.15. The number of amides is 1. The molecule has 4 aliphatic carbocycles. The largest absolute Gasteiger partial charge is 0.452 e. The smallest absolute Gasteiger partial charge is 0.343 e. The van der Waals surface area contributed by atoms with Gasteiger partial charge in [0.05, 0.1) is 17.5 Å². The number of carbonyl (C=O) groups is 2. The van der Waals surface area contributed by atoms with Crippen LogP contribution in [0.5, 0.6) is 0 Å². The third-order valence-electron chi connectivity index (χ3n) is 6.82. The van der Waals surface area contributed by atoms with Gasteiger partial charge in [-0.1, -0.05) is 17.7 Å². The number of carbonyl (C=O) groups excluding carboxylic acids is 2. The standard InChI is InChI=1S/C22H24ClFN2O3/c23-17-3-1-4-18(24)20(17)21(28)29-13-19(27)26(6-2-5-25)22-10-14-7-15(11-22)9-16(8-14)12-22/h1,3-4,14-16H,2,6-13H2. The van der Waals surface area contributed by atoms with Gasteiger partial charge in [0.2, 0.25) is 0 Å². The maximum Gasteiger partial charge on any atom is 0.343 e. The minimum Gasteiger partial charge on any atom is -0.452 e. The van der Waals surface area contributed by atoms with Gasteiger partial charge >= 0.3 is 5.97 Å². The molecule has 1 amide bonds. The molecule has 4 bridgehead atoms. The van der Waals surface area contributed by atoms with Crippen molar-refractivity contribution in [1.29, 1.82) is 5.26 Å². The normalized spacial score (nSPS) is 29.3. The number of hydrogen-bond acceptors (Lipinski definition) is 4. The van der Waals surface area contributed by atoms with Gasteiger partial charge in [0.15, 0.2) is 6.61 Å². The lowest BCUT2D eigenvalue weighted by atomic mass is 9.52. The van der Waals surface area contributed by atoms with Crippen molar-refractivity contribution < 1.29 is 18.7 Å². The highest BCUT2D eigenvalue weighted by molar-refractivity contribution is 6.33. The number of hydrogen-bond donors (Lipinski definition) is 0. The van der Waals surface area contributed by atoms with Gasteiger partial charge in [0.25, 0.3) is 5.91 Å². The van der Waals surface area contributed by atoms with Gasteiger partial charge in [-0.2, -0.15) is 5.26 Å². The zero-order valence-electron chi connectivity index (χ0n) is 16.2. The highest BCUT2D eigenvalue weighted by atomic mass is 35.5. The number of rotatable bonds is 6. The van der Waals surface area contributed by atoms with Crippen LogP contribution < -0.4 is 0 Å². The molecule has 0 radical (unpaired) electrons.